The zero-order valence-electron chi connectivity index (χ0n) is 14.2. The Kier molecular flexibility index (Phi) is 4.23. The number of nitro benzene ring substituents is 1. The van der Waals surface area contributed by atoms with E-state index in [4.69, 9.17) is 4.42 Å². The molecule has 0 N–H and O–H groups in total. The highest BCUT2D eigenvalue weighted by Gasteiger charge is 2.11. The molecule has 0 aliphatic rings. The summed E-state index contributed by atoms with van der Waals surface area (Å²) >= 11 is 0. The Morgan fingerprint density at radius 1 is 1.08 bits per heavy atom. The van der Waals surface area contributed by atoms with Crippen LogP contribution in [0.4, 0.5) is 5.69 Å². The van der Waals surface area contributed by atoms with Crippen LogP contribution in [0.1, 0.15) is 32.8 Å². The number of rotatable bonds is 4. The van der Waals surface area contributed by atoms with Crippen LogP contribution >= 0.6 is 0 Å². The van der Waals surface area contributed by atoms with Gasteiger partial charge in [-0.15, -0.1) is 0 Å². The molecule has 0 radical (unpaired) electrons. The molecule has 0 amide bonds. The highest BCUT2D eigenvalue weighted by Crippen LogP contribution is 2.28. The van der Waals surface area contributed by atoms with Gasteiger partial charge in [-0.25, -0.2) is 0 Å². The van der Waals surface area contributed by atoms with E-state index in [9.17, 15) is 14.9 Å². The third-order valence-electron chi connectivity index (χ3n) is 4.34. The first-order valence-corrected chi connectivity index (χ1v) is 7.84. The van der Waals surface area contributed by atoms with Gasteiger partial charge in [0.15, 0.2) is 5.78 Å². The Morgan fingerprint density at radius 3 is 2.36 bits per heavy atom. The van der Waals surface area contributed by atoms with Crippen LogP contribution in [0.3, 0.4) is 0 Å². The first-order chi connectivity index (χ1) is 11.9. The second-order valence-corrected chi connectivity index (χ2v) is 6.03. The lowest BCUT2D eigenvalue weighted by Crippen LogP contribution is -1.95. The lowest BCUT2D eigenvalue weighted by atomic mass is 10.0. The van der Waals surface area contributed by atoms with Gasteiger partial charge in [0.2, 0.25) is 0 Å². The van der Waals surface area contributed by atoms with Crippen molar-refractivity contribution >= 4 is 28.5 Å². The largest absolute Gasteiger partial charge is 0.456 e. The number of aryl methyl sites for hydroxylation is 3. The minimum atomic E-state index is -0.494. The smallest absolute Gasteiger partial charge is 0.269 e. The Labute approximate surface area is 144 Å². The zero-order chi connectivity index (χ0) is 18.1. The van der Waals surface area contributed by atoms with E-state index < -0.39 is 4.92 Å². The lowest BCUT2D eigenvalue weighted by molar-refractivity contribution is -0.384. The average Bonchev–Trinajstić information content (AvgIpc) is 2.89. The molecule has 1 heterocycles. The number of nitro groups is 1. The topological polar surface area (TPSA) is 73.3 Å². The molecule has 3 rings (SSSR count). The summed E-state index contributed by atoms with van der Waals surface area (Å²) in [6.07, 6.45) is 3.06. The molecule has 2 aromatic carbocycles. The van der Waals surface area contributed by atoms with Crippen LogP contribution < -0.4 is 0 Å². The zero-order valence-corrected chi connectivity index (χ0v) is 14.2. The van der Waals surface area contributed by atoms with Gasteiger partial charge in [0.1, 0.15) is 11.3 Å². The molecule has 0 aliphatic heterocycles. The third kappa shape index (κ3) is 3.21. The van der Waals surface area contributed by atoms with Crippen molar-refractivity contribution in [3.05, 3.63) is 80.6 Å². The van der Waals surface area contributed by atoms with Crippen molar-refractivity contribution in [1.29, 1.82) is 0 Å². The molecule has 0 saturated carbocycles. The van der Waals surface area contributed by atoms with Gasteiger partial charge in [-0.3, -0.25) is 14.9 Å². The second-order valence-electron chi connectivity index (χ2n) is 6.03. The van der Waals surface area contributed by atoms with E-state index in [2.05, 4.69) is 13.0 Å². The van der Waals surface area contributed by atoms with Crippen molar-refractivity contribution in [3.63, 3.8) is 0 Å². The number of benzene rings is 2. The maximum Gasteiger partial charge on any atom is 0.269 e. The second kappa shape index (κ2) is 6.36. The highest BCUT2D eigenvalue weighted by molar-refractivity contribution is 6.07. The Morgan fingerprint density at radius 2 is 1.72 bits per heavy atom. The predicted octanol–water partition coefficient (Wildman–Crippen LogP) is 5.16. The fourth-order valence-corrected chi connectivity index (χ4v) is 2.65. The minimum Gasteiger partial charge on any atom is -0.456 e. The Hall–Kier alpha value is -3.21. The van der Waals surface area contributed by atoms with E-state index in [-0.39, 0.29) is 11.5 Å². The molecule has 25 heavy (non-hydrogen) atoms. The number of hydrogen-bond donors (Lipinski definition) is 0. The van der Waals surface area contributed by atoms with Gasteiger partial charge >= 0.3 is 0 Å². The molecule has 0 spiro atoms. The van der Waals surface area contributed by atoms with Crippen LogP contribution in [-0.2, 0) is 0 Å². The molecule has 0 saturated heterocycles. The summed E-state index contributed by atoms with van der Waals surface area (Å²) in [5.74, 6) is 0.400. The predicted molar refractivity (Wildman–Crippen MR) is 96.9 cm³/mol. The molecule has 126 valence electrons. The maximum absolute atomic E-state index is 12.2. The van der Waals surface area contributed by atoms with E-state index in [0.717, 1.165) is 22.1 Å². The fourth-order valence-electron chi connectivity index (χ4n) is 2.65. The average molecular weight is 335 g/mol. The lowest BCUT2D eigenvalue weighted by Gasteiger charge is -1.98. The van der Waals surface area contributed by atoms with Gasteiger partial charge in [-0.2, -0.15) is 0 Å². The normalized spacial score (nSPS) is 11.3. The van der Waals surface area contributed by atoms with Crippen molar-refractivity contribution in [2.45, 2.75) is 20.8 Å². The molecule has 5 heteroatoms. The van der Waals surface area contributed by atoms with Gasteiger partial charge in [-0.1, -0.05) is 0 Å². The van der Waals surface area contributed by atoms with Crippen LogP contribution in [0.25, 0.3) is 17.0 Å². The number of carbonyl (C=O) groups is 1. The van der Waals surface area contributed by atoms with Crippen molar-refractivity contribution < 1.29 is 14.1 Å². The highest BCUT2D eigenvalue weighted by atomic mass is 16.6. The summed E-state index contributed by atoms with van der Waals surface area (Å²) in [4.78, 5) is 22.4. The standard InChI is InChI=1S/C20H17NO4/c1-12-10-17-14(3)19(25-20(17)11-13(12)2)9-8-18(22)15-4-6-16(7-5-15)21(23)24/h4-11H,1-3H3. The van der Waals surface area contributed by atoms with Crippen molar-refractivity contribution in [3.8, 4) is 0 Å². The summed E-state index contributed by atoms with van der Waals surface area (Å²) < 4.78 is 5.84. The Balaban J connectivity index is 1.88. The number of allylic oxidation sites excluding steroid dienone is 1. The summed E-state index contributed by atoms with van der Waals surface area (Å²) in [6, 6.07) is 9.61. The summed E-state index contributed by atoms with van der Waals surface area (Å²) in [6.45, 7) is 6.03. The van der Waals surface area contributed by atoms with E-state index in [0.29, 0.717) is 11.3 Å². The monoisotopic (exact) mass is 335 g/mol. The van der Waals surface area contributed by atoms with Crippen LogP contribution in [0, 0.1) is 30.9 Å². The molecule has 0 aliphatic carbocycles. The molecule has 3 aromatic rings. The molecule has 0 fully saturated rings. The van der Waals surface area contributed by atoms with E-state index in [1.807, 2.05) is 19.9 Å². The maximum atomic E-state index is 12.2. The van der Waals surface area contributed by atoms with Crippen LogP contribution in [-0.4, -0.2) is 10.7 Å². The summed E-state index contributed by atoms with van der Waals surface area (Å²) in [7, 11) is 0. The van der Waals surface area contributed by atoms with Crippen LogP contribution in [0.2, 0.25) is 0 Å². The third-order valence-corrected chi connectivity index (χ3v) is 4.34. The van der Waals surface area contributed by atoms with Gasteiger partial charge in [0, 0.05) is 28.6 Å². The number of non-ortho nitro benzene ring substituents is 1. The van der Waals surface area contributed by atoms with Crippen LogP contribution in [0.5, 0.6) is 0 Å². The van der Waals surface area contributed by atoms with Gasteiger partial charge in [-0.05, 0) is 68.3 Å². The van der Waals surface area contributed by atoms with E-state index in [1.54, 1.807) is 6.08 Å². The molecule has 1 aromatic heterocycles. The van der Waals surface area contributed by atoms with Gasteiger partial charge < -0.3 is 4.42 Å². The summed E-state index contributed by atoms with van der Waals surface area (Å²) in [5.41, 5.74) is 4.46. The molecule has 0 atom stereocenters. The fraction of sp³-hybridized carbons (Fsp3) is 0.150. The van der Waals surface area contributed by atoms with Gasteiger partial charge in [0.25, 0.3) is 5.69 Å². The van der Waals surface area contributed by atoms with E-state index >= 15 is 0 Å². The number of fused-ring (bicyclic) bond motifs is 1. The molecular formula is C20H17NO4. The Bertz CT molecular complexity index is 1010. The minimum absolute atomic E-state index is 0.0422. The molecular weight excluding hydrogens is 318 g/mol. The van der Waals surface area contributed by atoms with Crippen molar-refractivity contribution in [2.75, 3.05) is 0 Å². The van der Waals surface area contributed by atoms with Crippen molar-refractivity contribution in [1.82, 2.24) is 0 Å². The van der Waals surface area contributed by atoms with Gasteiger partial charge in [0.05, 0.1) is 4.92 Å². The van der Waals surface area contributed by atoms with Crippen LogP contribution in [0.15, 0.2) is 46.9 Å². The number of furan rings is 1. The molecule has 5 nitrogen and oxygen atoms in total. The van der Waals surface area contributed by atoms with E-state index in [1.165, 1.54) is 35.9 Å². The molecule has 0 unspecified atom stereocenters. The van der Waals surface area contributed by atoms with Crippen molar-refractivity contribution in [2.24, 2.45) is 0 Å². The first kappa shape index (κ1) is 16.6. The number of carbonyl (C=O) groups excluding carboxylic acids is 1. The molecule has 0 bridgehead atoms. The quantitative estimate of drug-likeness (QED) is 0.285. The summed E-state index contributed by atoms with van der Waals surface area (Å²) in [5, 5.41) is 11.7. The SMILES string of the molecule is Cc1cc2oc(C=CC(=O)c3ccc([N+](=O)[O-])cc3)c(C)c2cc1C. The first-order valence-electron chi connectivity index (χ1n) is 7.84. The number of hydrogen-bond acceptors (Lipinski definition) is 4. The number of ketones is 1. The number of nitrogens with zero attached hydrogens (tertiary/aromatic N) is 1.